The summed E-state index contributed by atoms with van der Waals surface area (Å²) < 4.78 is 1.31. The Morgan fingerprint density at radius 3 is 2.79 bits per heavy atom. The van der Waals surface area contributed by atoms with Gasteiger partial charge in [-0.15, -0.1) is 23.1 Å². The van der Waals surface area contributed by atoms with Gasteiger partial charge in [0.25, 0.3) is 0 Å². The van der Waals surface area contributed by atoms with Crippen LogP contribution in [-0.4, -0.2) is 11.2 Å². The van der Waals surface area contributed by atoms with Crippen LogP contribution in [0.2, 0.25) is 0 Å². The molecule has 1 nitrogen and oxygen atoms in total. The Morgan fingerprint density at radius 2 is 2.14 bits per heavy atom. The van der Waals surface area contributed by atoms with Crippen molar-refractivity contribution in [2.45, 2.75) is 24.7 Å². The zero-order valence-electron chi connectivity index (χ0n) is 8.57. The lowest BCUT2D eigenvalue weighted by molar-refractivity contribution is 0.857. The third-order valence-electron chi connectivity index (χ3n) is 2.11. The highest BCUT2D eigenvalue weighted by Crippen LogP contribution is 2.29. The lowest BCUT2D eigenvalue weighted by Gasteiger charge is -1.94. The van der Waals surface area contributed by atoms with Gasteiger partial charge in [0, 0.05) is 10.8 Å². The van der Waals surface area contributed by atoms with Crippen molar-refractivity contribution >= 4 is 33.3 Å². The predicted molar refractivity (Wildman–Crippen MR) is 65.5 cm³/mol. The first-order valence-electron chi connectivity index (χ1n) is 4.65. The van der Waals surface area contributed by atoms with Crippen LogP contribution in [0.4, 0.5) is 0 Å². The molecule has 3 heteroatoms. The quantitative estimate of drug-likeness (QED) is 0.710. The average molecular weight is 223 g/mol. The van der Waals surface area contributed by atoms with E-state index in [0.29, 0.717) is 5.92 Å². The van der Waals surface area contributed by atoms with Crippen molar-refractivity contribution in [2.24, 2.45) is 0 Å². The predicted octanol–water partition coefficient (Wildman–Crippen LogP) is 4.14. The second-order valence-electron chi connectivity index (χ2n) is 3.54. The molecule has 0 radical (unpaired) electrons. The van der Waals surface area contributed by atoms with E-state index in [1.165, 1.54) is 14.6 Å². The van der Waals surface area contributed by atoms with E-state index in [-0.39, 0.29) is 0 Å². The van der Waals surface area contributed by atoms with Crippen LogP contribution in [0.3, 0.4) is 0 Å². The van der Waals surface area contributed by atoms with Crippen molar-refractivity contribution in [3.8, 4) is 0 Å². The molecule has 0 atom stereocenters. The van der Waals surface area contributed by atoms with Gasteiger partial charge >= 0.3 is 0 Å². The van der Waals surface area contributed by atoms with Crippen molar-refractivity contribution in [1.82, 2.24) is 4.98 Å². The van der Waals surface area contributed by atoms with Gasteiger partial charge < -0.3 is 0 Å². The number of thiazole rings is 1. The first-order valence-corrected chi connectivity index (χ1v) is 6.69. The molecule has 0 saturated heterocycles. The van der Waals surface area contributed by atoms with Gasteiger partial charge in [-0.1, -0.05) is 13.8 Å². The van der Waals surface area contributed by atoms with Crippen LogP contribution in [0.25, 0.3) is 10.2 Å². The van der Waals surface area contributed by atoms with E-state index in [1.54, 1.807) is 11.8 Å². The summed E-state index contributed by atoms with van der Waals surface area (Å²) in [6.45, 7) is 4.38. The molecule has 1 aromatic heterocycles. The highest BCUT2D eigenvalue weighted by molar-refractivity contribution is 7.98. The van der Waals surface area contributed by atoms with Crippen molar-refractivity contribution in [3.63, 3.8) is 0 Å². The molecule has 0 unspecified atom stereocenters. The number of benzene rings is 1. The Morgan fingerprint density at radius 1 is 1.36 bits per heavy atom. The molecule has 2 rings (SSSR count). The Bertz CT molecular complexity index is 445. The minimum atomic E-state index is 0.533. The van der Waals surface area contributed by atoms with Gasteiger partial charge in [0.05, 0.1) is 15.2 Å². The molecule has 14 heavy (non-hydrogen) atoms. The van der Waals surface area contributed by atoms with E-state index in [1.807, 2.05) is 11.3 Å². The molecule has 2 aromatic rings. The Balaban J connectivity index is 2.54. The van der Waals surface area contributed by atoms with Crippen molar-refractivity contribution < 1.29 is 0 Å². The summed E-state index contributed by atoms with van der Waals surface area (Å²) in [6, 6.07) is 6.48. The topological polar surface area (TPSA) is 12.9 Å². The highest BCUT2D eigenvalue weighted by atomic mass is 32.2. The molecule has 0 saturated carbocycles. The number of nitrogens with zero attached hydrogens (tertiary/aromatic N) is 1. The second-order valence-corrected chi connectivity index (χ2v) is 5.48. The van der Waals surface area contributed by atoms with E-state index in [2.05, 4.69) is 43.3 Å². The van der Waals surface area contributed by atoms with Gasteiger partial charge in [-0.3, -0.25) is 0 Å². The highest BCUT2D eigenvalue weighted by Gasteiger charge is 2.07. The van der Waals surface area contributed by atoms with Gasteiger partial charge in [0.1, 0.15) is 0 Å². The van der Waals surface area contributed by atoms with Crippen molar-refractivity contribution in [2.75, 3.05) is 6.26 Å². The second kappa shape index (κ2) is 3.91. The van der Waals surface area contributed by atoms with E-state index in [9.17, 15) is 0 Å². The SMILES string of the molecule is CSc1ccc2nc(C(C)C)sc2c1. The van der Waals surface area contributed by atoms with Crippen LogP contribution in [0.1, 0.15) is 24.8 Å². The molecule has 0 N–H and O–H groups in total. The molecule has 1 heterocycles. The lowest BCUT2D eigenvalue weighted by Crippen LogP contribution is -1.82. The van der Waals surface area contributed by atoms with Crippen LogP contribution < -0.4 is 0 Å². The molecule has 0 fully saturated rings. The van der Waals surface area contributed by atoms with Crippen LogP contribution >= 0.6 is 23.1 Å². The summed E-state index contributed by atoms with van der Waals surface area (Å²) in [5, 5.41) is 1.23. The normalized spacial score (nSPS) is 11.4. The molecule has 0 aliphatic rings. The zero-order valence-corrected chi connectivity index (χ0v) is 10.2. The van der Waals surface area contributed by atoms with Crippen LogP contribution in [-0.2, 0) is 0 Å². The van der Waals surface area contributed by atoms with Crippen LogP contribution in [0, 0.1) is 0 Å². The number of rotatable bonds is 2. The molecule has 74 valence electrons. The summed E-state index contributed by atoms with van der Waals surface area (Å²) in [7, 11) is 0. The standard InChI is InChI=1S/C11H13NS2/c1-7(2)11-12-9-5-4-8(13-3)6-10(9)14-11/h4-7H,1-3H3. The summed E-state index contributed by atoms with van der Waals surface area (Å²) in [6.07, 6.45) is 2.10. The Hall–Kier alpha value is -0.540. The van der Waals surface area contributed by atoms with Crippen molar-refractivity contribution in [1.29, 1.82) is 0 Å². The van der Waals surface area contributed by atoms with Gasteiger partial charge in [0.15, 0.2) is 0 Å². The van der Waals surface area contributed by atoms with Crippen LogP contribution in [0.5, 0.6) is 0 Å². The maximum absolute atomic E-state index is 4.60. The van der Waals surface area contributed by atoms with Gasteiger partial charge in [0.2, 0.25) is 0 Å². The zero-order chi connectivity index (χ0) is 10.1. The molecule has 0 bridgehead atoms. The summed E-state index contributed by atoms with van der Waals surface area (Å²) >= 11 is 3.59. The largest absolute Gasteiger partial charge is 0.241 e. The maximum atomic E-state index is 4.60. The minimum Gasteiger partial charge on any atom is -0.241 e. The summed E-state index contributed by atoms with van der Waals surface area (Å²) in [5.74, 6) is 0.533. The smallest absolute Gasteiger partial charge is 0.0963 e. The molecule has 0 aliphatic heterocycles. The monoisotopic (exact) mass is 223 g/mol. The Labute approximate surface area is 92.6 Å². The average Bonchev–Trinajstić information content (AvgIpc) is 2.59. The molecule has 0 spiro atoms. The van der Waals surface area contributed by atoms with Gasteiger partial charge in [-0.2, -0.15) is 0 Å². The molecular weight excluding hydrogens is 210 g/mol. The minimum absolute atomic E-state index is 0.533. The van der Waals surface area contributed by atoms with E-state index < -0.39 is 0 Å². The first-order chi connectivity index (χ1) is 6.70. The summed E-state index contributed by atoms with van der Waals surface area (Å²) in [4.78, 5) is 5.91. The number of fused-ring (bicyclic) bond motifs is 1. The fourth-order valence-electron chi connectivity index (χ4n) is 1.30. The first kappa shape index (κ1) is 9.99. The summed E-state index contributed by atoms with van der Waals surface area (Å²) in [5.41, 5.74) is 1.14. The molecule has 1 aromatic carbocycles. The van der Waals surface area contributed by atoms with Crippen LogP contribution in [0.15, 0.2) is 23.1 Å². The molecule has 0 aliphatic carbocycles. The fourth-order valence-corrected chi connectivity index (χ4v) is 2.82. The van der Waals surface area contributed by atoms with E-state index in [4.69, 9.17) is 0 Å². The van der Waals surface area contributed by atoms with Crippen molar-refractivity contribution in [3.05, 3.63) is 23.2 Å². The third kappa shape index (κ3) is 1.79. The third-order valence-corrected chi connectivity index (χ3v) is 4.15. The number of hydrogen-bond donors (Lipinski definition) is 0. The number of thioether (sulfide) groups is 1. The molecule has 0 amide bonds. The lowest BCUT2D eigenvalue weighted by atomic mass is 10.2. The van der Waals surface area contributed by atoms with Gasteiger partial charge in [-0.05, 0) is 24.5 Å². The van der Waals surface area contributed by atoms with E-state index >= 15 is 0 Å². The number of aromatic nitrogens is 1. The molecular formula is C11H13NS2. The van der Waals surface area contributed by atoms with E-state index in [0.717, 1.165) is 5.52 Å². The number of hydrogen-bond acceptors (Lipinski definition) is 3. The maximum Gasteiger partial charge on any atom is 0.0963 e. The Kier molecular flexibility index (Phi) is 2.79. The fraction of sp³-hybridized carbons (Fsp3) is 0.364. The van der Waals surface area contributed by atoms with Gasteiger partial charge in [-0.25, -0.2) is 4.98 Å².